The van der Waals surface area contributed by atoms with Gasteiger partial charge in [-0.1, -0.05) is 133 Å². The van der Waals surface area contributed by atoms with Crippen molar-refractivity contribution in [3.8, 4) is 61.3 Å². The molecule has 0 amide bonds. The summed E-state index contributed by atoms with van der Waals surface area (Å²) in [7, 11) is 0. The lowest BCUT2D eigenvalue weighted by Gasteiger charge is -2.11. The Morgan fingerprint density at radius 2 is 0.870 bits per heavy atom. The highest BCUT2D eigenvalue weighted by molar-refractivity contribution is 7.26. The molecule has 0 bridgehead atoms. The molecule has 0 atom stereocenters. The van der Waals surface area contributed by atoms with Crippen molar-refractivity contribution in [2.45, 2.75) is 0 Å². The molecule has 12 rings (SSSR count). The van der Waals surface area contributed by atoms with E-state index >= 15 is 0 Å². The molecule has 0 aliphatic heterocycles. The average Bonchev–Trinajstić information content (AvgIpc) is 3.89. The van der Waals surface area contributed by atoms with Crippen LogP contribution in [0.4, 0.5) is 0 Å². The Labute approximate surface area is 316 Å². The fourth-order valence-electron chi connectivity index (χ4n) is 9.06. The van der Waals surface area contributed by atoms with Gasteiger partial charge in [0.2, 0.25) is 0 Å². The van der Waals surface area contributed by atoms with Gasteiger partial charge in [-0.05, 0) is 121 Å². The van der Waals surface area contributed by atoms with Gasteiger partial charge in [-0.2, -0.15) is 0 Å². The van der Waals surface area contributed by atoms with Crippen LogP contribution in [0.2, 0.25) is 0 Å². The van der Waals surface area contributed by atoms with Gasteiger partial charge in [-0.15, -0.1) is 11.3 Å². The summed E-state index contributed by atoms with van der Waals surface area (Å²) in [5, 5.41) is 7.98. The van der Waals surface area contributed by atoms with Crippen molar-refractivity contribution in [1.82, 2.24) is 4.57 Å². The fourth-order valence-corrected chi connectivity index (χ4v) is 10.2. The first kappa shape index (κ1) is 29.8. The third-order valence-corrected chi connectivity index (χ3v) is 12.7. The number of fused-ring (bicyclic) bond motifs is 10. The first-order chi connectivity index (χ1) is 26.8. The van der Waals surface area contributed by atoms with Gasteiger partial charge in [-0.25, -0.2) is 0 Å². The van der Waals surface area contributed by atoms with E-state index in [4.69, 9.17) is 0 Å². The SMILES string of the molecule is c1ccc(-c2cccc(-c3ccc(-n4c5ccccc5c5cc(-c6ccc7sc8cc9c%10c(cccc%10c8c7c6)-c6ccccc6-9)ccc54)cc3)c2)cc1. The number of benzene rings is 9. The highest BCUT2D eigenvalue weighted by Gasteiger charge is 2.24. The molecule has 9 aromatic carbocycles. The van der Waals surface area contributed by atoms with E-state index in [-0.39, 0.29) is 0 Å². The molecule has 1 nitrogen and oxygen atoms in total. The lowest BCUT2D eigenvalue weighted by molar-refractivity contribution is 1.18. The number of rotatable bonds is 4. The molecule has 2 heteroatoms. The quantitative estimate of drug-likeness (QED) is 0.172. The predicted octanol–water partition coefficient (Wildman–Crippen LogP) is 15.0. The molecule has 250 valence electrons. The predicted molar refractivity (Wildman–Crippen MR) is 232 cm³/mol. The molecule has 0 N–H and O–H groups in total. The monoisotopic (exact) mass is 701 g/mol. The van der Waals surface area contributed by atoms with E-state index in [1.807, 2.05) is 11.3 Å². The summed E-state index contributed by atoms with van der Waals surface area (Å²) in [6.07, 6.45) is 0. The van der Waals surface area contributed by atoms with Gasteiger partial charge in [0.05, 0.1) is 11.0 Å². The van der Waals surface area contributed by atoms with E-state index in [0.717, 1.165) is 5.69 Å². The van der Waals surface area contributed by atoms with Crippen LogP contribution < -0.4 is 0 Å². The van der Waals surface area contributed by atoms with Gasteiger partial charge in [0.15, 0.2) is 0 Å². The molecule has 0 spiro atoms. The summed E-state index contributed by atoms with van der Waals surface area (Å²) < 4.78 is 5.10. The van der Waals surface area contributed by atoms with Gasteiger partial charge < -0.3 is 4.57 Å². The minimum absolute atomic E-state index is 1.16. The Balaban J connectivity index is 0.969. The first-order valence-corrected chi connectivity index (χ1v) is 19.4. The van der Waals surface area contributed by atoms with Crippen LogP contribution in [0.15, 0.2) is 188 Å². The van der Waals surface area contributed by atoms with Crippen molar-refractivity contribution in [3.05, 3.63) is 188 Å². The Morgan fingerprint density at radius 3 is 1.70 bits per heavy atom. The molecule has 2 aromatic heterocycles. The van der Waals surface area contributed by atoms with E-state index in [2.05, 4.69) is 193 Å². The number of hydrogen-bond donors (Lipinski definition) is 0. The molecule has 0 radical (unpaired) electrons. The van der Waals surface area contributed by atoms with Crippen molar-refractivity contribution < 1.29 is 0 Å². The number of nitrogens with zero attached hydrogens (tertiary/aromatic N) is 1. The highest BCUT2D eigenvalue weighted by Crippen LogP contribution is 2.52. The number of hydrogen-bond acceptors (Lipinski definition) is 1. The zero-order chi connectivity index (χ0) is 35.3. The smallest absolute Gasteiger partial charge is 0.0541 e. The standard InChI is InChI=1S/C52H31NS/c1-2-10-32(11-3-1)34-12-8-13-35(28-34)33-20-24-38(25-21-33)53-47-19-7-6-16-41(47)44-29-36(22-26-48(44)53)37-23-27-49-46(30-37)52-43-18-9-17-42-39-14-4-5-15-40(39)45(51(42)43)31-50(52)54-49/h1-31H. The van der Waals surface area contributed by atoms with Crippen molar-refractivity contribution in [2.24, 2.45) is 0 Å². The van der Waals surface area contributed by atoms with E-state index in [1.165, 1.54) is 108 Å². The van der Waals surface area contributed by atoms with Gasteiger partial charge in [-0.3, -0.25) is 0 Å². The first-order valence-electron chi connectivity index (χ1n) is 18.6. The zero-order valence-corrected chi connectivity index (χ0v) is 30.1. The molecule has 54 heavy (non-hydrogen) atoms. The van der Waals surface area contributed by atoms with E-state index in [1.54, 1.807) is 0 Å². The summed E-state index contributed by atoms with van der Waals surface area (Å²) >= 11 is 1.91. The Kier molecular flexibility index (Phi) is 6.28. The molecule has 0 saturated heterocycles. The lowest BCUT2D eigenvalue weighted by atomic mass is 9.96. The van der Waals surface area contributed by atoms with Crippen LogP contribution in [0.25, 0.3) is 114 Å². The maximum absolute atomic E-state index is 2.44. The Morgan fingerprint density at radius 1 is 0.296 bits per heavy atom. The molecule has 1 aliphatic carbocycles. The second-order valence-corrected chi connectivity index (χ2v) is 15.5. The van der Waals surface area contributed by atoms with Crippen molar-refractivity contribution >= 4 is 64.1 Å². The van der Waals surface area contributed by atoms with Crippen LogP contribution in [0, 0.1) is 0 Å². The summed E-state index contributed by atoms with van der Waals surface area (Å²) in [5.74, 6) is 0. The highest BCUT2D eigenvalue weighted by atomic mass is 32.1. The summed E-state index contributed by atoms with van der Waals surface area (Å²) in [6, 6.07) is 69.5. The molecule has 0 fully saturated rings. The molecule has 2 heterocycles. The van der Waals surface area contributed by atoms with Crippen molar-refractivity contribution in [2.75, 3.05) is 0 Å². The van der Waals surface area contributed by atoms with E-state index in [9.17, 15) is 0 Å². The van der Waals surface area contributed by atoms with Crippen molar-refractivity contribution in [1.29, 1.82) is 0 Å². The van der Waals surface area contributed by atoms with Crippen LogP contribution in [-0.4, -0.2) is 4.57 Å². The van der Waals surface area contributed by atoms with Crippen LogP contribution in [0.3, 0.4) is 0 Å². The summed E-state index contributed by atoms with van der Waals surface area (Å²) in [6.45, 7) is 0. The molecule has 1 aliphatic rings. The summed E-state index contributed by atoms with van der Waals surface area (Å²) in [5.41, 5.74) is 16.4. The normalized spacial score (nSPS) is 12.1. The van der Waals surface area contributed by atoms with Crippen LogP contribution in [0.5, 0.6) is 0 Å². The molecule has 11 aromatic rings. The molecule has 0 unspecified atom stereocenters. The minimum atomic E-state index is 1.16. The number of para-hydroxylation sites is 1. The topological polar surface area (TPSA) is 4.93 Å². The number of thiophene rings is 1. The van der Waals surface area contributed by atoms with Crippen molar-refractivity contribution in [3.63, 3.8) is 0 Å². The molecule has 0 saturated carbocycles. The van der Waals surface area contributed by atoms with Crippen LogP contribution in [0.1, 0.15) is 0 Å². The maximum atomic E-state index is 2.44. The Bertz CT molecular complexity index is 3310. The van der Waals surface area contributed by atoms with Gasteiger partial charge >= 0.3 is 0 Å². The second kappa shape index (κ2) is 11.4. The van der Waals surface area contributed by atoms with E-state index in [0.29, 0.717) is 0 Å². The third-order valence-electron chi connectivity index (χ3n) is 11.5. The largest absolute Gasteiger partial charge is 0.309 e. The average molecular weight is 702 g/mol. The minimum Gasteiger partial charge on any atom is -0.309 e. The maximum Gasteiger partial charge on any atom is 0.0541 e. The van der Waals surface area contributed by atoms with Crippen LogP contribution in [-0.2, 0) is 0 Å². The fraction of sp³-hybridized carbons (Fsp3) is 0. The lowest BCUT2D eigenvalue weighted by Crippen LogP contribution is -1.93. The second-order valence-electron chi connectivity index (χ2n) is 14.5. The molecular formula is C52H31NS. The zero-order valence-electron chi connectivity index (χ0n) is 29.3. The van der Waals surface area contributed by atoms with Gasteiger partial charge in [0, 0.05) is 36.6 Å². The summed E-state index contributed by atoms with van der Waals surface area (Å²) in [4.78, 5) is 0. The van der Waals surface area contributed by atoms with Crippen LogP contribution >= 0.6 is 11.3 Å². The van der Waals surface area contributed by atoms with E-state index < -0.39 is 0 Å². The van der Waals surface area contributed by atoms with Gasteiger partial charge in [0.25, 0.3) is 0 Å². The molecular weight excluding hydrogens is 671 g/mol. The third kappa shape index (κ3) is 4.32. The van der Waals surface area contributed by atoms with Gasteiger partial charge in [0.1, 0.15) is 0 Å². The number of aromatic nitrogens is 1. The Hall–Kier alpha value is -6.74.